The Morgan fingerprint density at radius 1 is 0.765 bits per heavy atom. The Morgan fingerprint density at radius 3 is 1.50 bits per heavy atom. The molecule has 34 heavy (non-hydrogen) atoms. The van der Waals surface area contributed by atoms with Gasteiger partial charge in [-0.15, -0.1) is 0 Å². The van der Waals surface area contributed by atoms with E-state index in [0.29, 0.717) is 6.42 Å². The third kappa shape index (κ3) is 20.9. The number of aliphatic hydroxyl groups is 3. The second-order valence-electron chi connectivity index (χ2n) is 7.85. The Bertz CT molecular complexity index is 651. The normalized spacial score (nSPS) is 10.4. The van der Waals surface area contributed by atoms with Gasteiger partial charge in [-0.1, -0.05) is 82.9 Å². The molecule has 0 radical (unpaired) electrons. The molecule has 0 fully saturated rings. The minimum atomic E-state index is -4.10. The van der Waals surface area contributed by atoms with Gasteiger partial charge in [-0.2, -0.15) is 8.42 Å². The number of aliphatic hydroxyl groups excluding tert-OH is 3. The van der Waals surface area contributed by atoms with Crippen molar-refractivity contribution in [2.24, 2.45) is 5.73 Å². The predicted octanol–water partition coefficient (Wildman–Crippen LogP) is 0.581. The zero-order chi connectivity index (χ0) is 22.9. The Kier molecular flexibility index (Phi) is 32.9. The Morgan fingerprint density at radius 2 is 1.15 bits per heavy atom. The van der Waals surface area contributed by atoms with E-state index in [0.717, 1.165) is 18.4 Å². The summed E-state index contributed by atoms with van der Waals surface area (Å²) in [6.07, 6.45) is 13.3. The first-order chi connectivity index (χ1) is 14.2. The van der Waals surface area contributed by atoms with E-state index in [1.165, 1.54) is 57.4 Å². The average molecular weight is 550 g/mol. The number of rotatable bonds is 15. The quantitative estimate of drug-likeness (QED) is 0.118. The van der Waals surface area contributed by atoms with E-state index in [-0.39, 0.29) is 43.0 Å². The van der Waals surface area contributed by atoms with Crippen molar-refractivity contribution in [3.05, 3.63) is 29.8 Å². The second-order valence-corrected chi connectivity index (χ2v) is 9.24. The molecule has 12 heteroatoms. The van der Waals surface area contributed by atoms with Crippen LogP contribution in [0.15, 0.2) is 29.2 Å². The van der Waals surface area contributed by atoms with E-state index in [1.54, 1.807) is 12.1 Å². The minimum Gasteiger partial charge on any atom is -0.412 e. The first kappa shape index (κ1) is 43.6. The molecule has 0 amide bonds. The fourth-order valence-electron chi connectivity index (χ4n) is 2.91. The first-order valence-corrected chi connectivity index (χ1v) is 12.3. The average Bonchev–Trinajstić information content (AvgIpc) is 2.74. The maximum absolute atomic E-state index is 11.3. The molecular weight excluding hydrogens is 502 g/mol. The third-order valence-electron chi connectivity index (χ3n) is 4.99. The molecule has 204 valence electrons. The monoisotopic (exact) mass is 549 g/mol. The molecule has 12 N–H and O–H groups in total. The second kappa shape index (κ2) is 25.7. The van der Waals surface area contributed by atoms with Gasteiger partial charge in [0, 0.05) is 21.7 Å². The van der Waals surface area contributed by atoms with Crippen LogP contribution in [0.2, 0.25) is 0 Å². The van der Waals surface area contributed by atoms with E-state index >= 15 is 0 Å². The van der Waals surface area contributed by atoms with E-state index < -0.39 is 35.5 Å². The van der Waals surface area contributed by atoms with Gasteiger partial charge in [0.1, 0.15) is 0 Å². The van der Waals surface area contributed by atoms with E-state index in [4.69, 9.17) is 21.1 Å². The number of aryl methyl sites for hydroxylation is 1. The molecule has 0 saturated heterocycles. The molecule has 0 bridgehead atoms. The van der Waals surface area contributed by atoms with Gasteiger partial charge in [-0.05, 0) is 24.5 Å². The molecule has 0 aliphatic carbocycles. The van der Waals surface area contributed by atoms with Gasteiger partial charge in [-0.25, -0.2) is 0 Å². The van der Waals surface area contributed by atoms with Crippen LogP contribution in [0, 0.1) is 0 Å². The van der Waals surface area contributed by atoms with Crippen LogP contribution in [0.1, 0.15) is 76.7 Å². The first-order valence-electron chi connectivity index (χ1n) is 10.9. The van der Waals surface area contributed by atoms with Crippen LogP contribution in [-0.2, 0) is 38.3 Å². The molecular formula is C22H47NO9STi. The van der Waals surface area contributed by atoms with E-state index in [1.807, 2.05) is 6.07 Å². The minimum absolute atomic E-state index is 0. The van der Waals surface area contributed by atoms with Gasteiger partial charge in [-0.3, -0.25) is 4.55 Å². The van der Waals surface area contributed by atoms with Crippen molar-refractivity contribution in [2.75, 3.05) is 19.8 Å². The Labute approximate surface area is 219 Å². The third-order valence-corrected chi connectivity index (χ3v) is 5.95. The van der Waals surface area contributed by atoms with Gasteiger partial charge in [0.2, 0.25) is 0 Å². The van der Waals surface area contributed by atoms with Gasteiger partial charge in [0.25, 0.3) is 10.1 Å². The summed E-state index contributed by atoms with van der Waals surface area (Å²) in [6, 6.07) is 6.73. The standard InChI is InChI=1S/C18H30O3S.C4H11NO3.3H2O.Ti/c1-2-3-4-5-6-7-8-9-10-11-14-17-15-12-13-16-18(17)22(19,20)21;5-4(1-6,2-7)3-8;;;;/h12-13,15-16H,2-11,14H2,1H3,(H,19,20,21);6-8H,1-3,5H2;3*1H2;. The van der Waals surface area contributed by atoms with Crippen LogP contribution < -0.4 is 5.73 Å². The van der Waals surface area contributed by atoms with Crippen molar-refractivity contribution < 1.29 is 66.4 Å². The van der Waals surface area contributed by atoms with Crippen molar-refractivity contribution in [1.29, 1.82) is 0 Å². The van der Waals surface area contributed by atoms with Gasteiger partial charge < -0.3 is 37.5 Å². The summed E-state index contributed by atoms with van der Waals surface area (Å²) in [5.74, 6) is 0. The molecule has 0 aliphatic heterocycles. The van der Waals surface area contributed by atoms with Crippen molar-refractivity contribution in [1.82, 2.24) is 0 Å². The van der Waals surface area contributed by atoms with Gasteiger partial charge >= 0.3 is 0 Å². The zero-order valence-electron chi connectivity index (χ0n) is 20.3. The number of hydrogen-bond donors (Lipinski definition) is 5. The molecule has 0 aliphatic rings. The van der Waals surface area contributed by atoms with Crippen molar-refractivity contribution in [3.8, 4) is 0 Å². The van der Waals surface area contributed by atoms with Crippen molar-refractivity contribution in [2.45, 2.75) is 88.0 Å². The molecule has 0 heterocycles. The van der Waals surface area contributed by atoms with Crippen LogP contribution in [0.25, 0.3) is 0 Å². The van der Waals surface area contributed by atoms with Crippen molar-refractivity contribution in [3.63, 3.8) is 0 Å². The van der Waals surface area contributed by atoms with Gasteiger partial charge in [0.15, 0.2) is 0 Å². The van der Waals surface area contributed by atoms with Crippen LogP contribution in [0.3, 0.4) is 0 Å². The topological polar surface area (TPSA) is 236 Å². The summed E-state index contributed by atoms with van der Waals surface area (Å²) >= 11 is 0. The number of nitrogens with two attached hydrogens (primary N) is 1. The summed E-state index contributed by atoms with van der Waals surface area (Å²) in [6.45, 7) is 1.03. The summed E-state index contributed by atoms with van der Waals surface area (Å²) in [7, 11) is -4.10. The number of unbranched alkanes of at least 4 members (excludes halogenated alkanes) is 9. The Hall–Kier alpha value is -0.436. The molecule has 1 rings (SSSR count). The summed E-state index contributed by atoms with van der Waals surface area (Å²) in [5, 5.41) is 25.0. The fraction of sp³-hybridized carbons (Fsp3) is 0.727. The zero-order valence-corrected chi connectivity index (χ0v) is 22.7. The molecule has 10 nitrogen and oxygen atoms in total. The molecule has 1 aromatic rings. The van der Waals surface area contributed by atoms with Crippen LogP contribution in [0.4, 0.5) is 0 Å². The van der Waals surface area contributed by atoms with E-state index in [9.17, 15) is 13.0 Å². The smallest absolute Gasteiger partial charge is 0.294 e. The van der Waals surface area contributed by atoms with Crippen LogP contribution >= 0.6 is 0 Å². The van der Waals surface area contributed by atoms with Crippen LogP contribution in [0.5, 0.6) is 0 Å². The molecule has 0 atom stereocenters. The number of hydrogen-bond acceptors (Lipinski definition) is 6. The van der Waals surface area contributed by atoms with Gasteiger partial charge in [0.05, 0.1) is 30.3 Å². The van der Waals surface area contributed by atoms with E-state index in [2.05, 4.69) is 6.92 Å². The summed E-state index contributed by atoms with van der Waals surface area (Å²) < 4.78 is 31.8. The number of benzene rings is 1. The SMILES string of the molecule is CCCCCCCCCCCCc1ccccc1S(=O)(=O)O.NC(CO)(CO)CO.O.O.O.[Ti]. The maximum atomic E-state index is 11.3. The Balaban J connectivity index is -0.000000203. The fourth-order valence-corrected chi connectivity index (χ4v) is 3.67. The molecule has 0 aromatic heterocycles. The largest absolute Gasteiger partial charge is 0.412 e. The molecule has 1 aromatic carbocycles. The summed E-state index contributed by atoms with van der Waals surface area (Å²) in [5.41, 5.74) is 4.66. The van der Waals surface area contributed by atoms with Crippen molar-refractivity contribution >= 4 is 10.1 Å². The summed E-state index contributed by atoms with van der Waals surface area (Å²) in [4.78, 5) is 0.0610. The molecule has 0 saturated carbocycles. The predicted molar refractivity (Wildman–Crippen MR) is 131 cm³/mol. The molecule has 0 spiro atoms. The molecule has 0 unspecified atom stereocenters. The maximum Gasteiger partial charge on any atom is 0.294 e. The van der Waals surface area contributed by atoms with Crippen LogP contribution in [-0.4, -0.2) is 70.1 Å².